The summed E-state index contributed by atoms with van der Waals surface area (Å²) in [6.07, 6.45) is 3.96. The second-order valence-corrected chi connectivity index (χ2v) is 5.88. The molecule has 0 aliphatic heterocycles. The maximum absolute atomic E-state index is 12.3. The van der Waals surface area contributed by atoms with Crippen molar-refractivity contribution in [3.63, 3.8) is 0 Å². The van der Waals surface area contributed by atoms with Crippen molar-refractivity contribution in [1.29, 1.82) is 0 Å². The summed E-state index contributed by atoms with van der Waals surface area (Å²) < 4.78 is 2.01. The van der Waals surface area contributed by atoms with Gasteiger partial charge in [-0.25, -0.2) is 0 Å². The SMILES string of the molecule is CN(C)c1ccc(CNC(=O)c2ccc(-n3cccc3)cc2)cc1. The molecule has 2 aromatic carbocycles. The van der Waals surface area contributed by atoms with Gasteiger partial charge in [0.05, 0.1) is 0 Å². The predicted octanol–water partition coefficient (Wildman–Crippen LogP) is 3.47. The van der Waals surface area contributed by atoms with Crippen molar-refractivity contribution in [2.45, 2.75) is 6.54 Å². The smallest absolute Gasteiger partial charge is 0.251 e. The molecule has 1 aromatic heterocycles. The van der Waals surface area contributed by atoms with E-state index in [1.807, 2.05) is 91.7 Å². The number of benzene rings is 2. The zero-order valence-corrected chi connectivity index (χ0v) is 13.9. The summed E-state index contributed by atoms with van der Waals surface area (Å²) in [4.78, 5) is 14.3. The highest BCUT2D eigenvalue weighted by Crippen LogP contribution is 2.13. The van der Waals surface area contributed by atoms with E-state index in [-0.39, 0.29) is 5.91 Å². The Kier molecular flexibility index (Phi) is 4.66. The summed E-state index contributed by atoms with van der Waals surface area (Å²) in [5, 5.41) is 2.96. The van der Waals surface area contributed by atoms with Crippen molar-refractivity contribution in [1.82, 2.24) is 9.88 Å². The van der Waals surface area contributed by atoms with Crippen LogP contribution < -0.4 is 10.2 Å². The average Bonchev–Trinajstić information content (AvgIpc) is 3.15. The molecule has 0 atom stereocenters. The molecule has 0 radical (unpaired) electrons. The third-order valence-corrected chi connectivity index (χ3v) is 3.94. The largest absolute Gasteiger partial charge is 0.378 e. The van der Waals surface area contributed by atoms with Crippen molar-refractivity contribution in [3.05, 3.63) is 84.2 Å². The van der Waals surface area contributed by atoms with Gasteiger partial charge in [-0.05, 0) is 54.1 Å². The van der Waals surface area contributed by atoms with Gasteiger partial charge in [0.2, 0.25) is 0 Å². The minimum Gasteiger partial charge on any atom is -0.378 e. The molecule has 0 saturated carbocycles. The second-order valence-electron chi connectivity index (χ2n) is 5.88. The molecule has 1 heterocycles. The summed E-state index contributed by atoms with van der Waals surface area (Å²) in [5.74, 6) is -0.0641. The van der Waals surface area contributed by atoms with Crippen LogP contribution in [0.5, 0.6) is 0 Å². The molecule has 0 aliphatic rings. The molecule has 0 aliphatic carbocycles. The predicted molar refractivity (Wildman–Crippen MR) is 97.7 cm³/mol. The van der Waals surface area contributed by atoms with Crippen molar-refractivity contribution in [2.24, 2.45) is 0 Å². The van der Waals surface area contributed by atoms with E-state index in [2.05, 4.69) is 10.2 Å². The molecule has 3 aromatic rings. The number of aromatic nitrogens is 1. The number of amides is 1. The molecule has 0 saturated heterocycles. The van der Waals surface area contributed by atoms with E-state index in [1.165, 1.54) is 0 Å². The molecule has 0 unspecified atom stereocenters. The van der Waals surface area contributed by atoms with Crippen LogP contribution in [0.1, 0.15) is 15.9 Å². The Morgan fingerprint density at radius 3 is 2.17 bits per heavy atom. The lowest BCUT2D eigenvalue weighted by Gasteiger charge is -2.13. The monoisotopic (exact) mass is 319 g/mol. The van der Waals surface area contributed by atoms with Crippen molar-refractivity contribution >= 4 is 11.6 Å². The van der Waals surface area contributed by atoms with Crippen molar-refractivity contribution in [2.75, 3.05) is 19.0 Å². The molecule has 3 rings (SSSR count). The van der Waals surface area contributed by atoms with Crippen molar-refractivity contribution < 1.29 is 4.79 Å². The molecule has 1 N–H and O–H groups in total. The Hall–Kier alpha value is -3.01. The molecule has 1 amide bonds. The summed E-state index contributed by atoms with van der Waals surface area (Å²) in [6.45, 7) is 0.520. The zero-order chi connectivity index (χ0) is 16.9. The quantitative estimate of drug-likeness (QED) is 0.782. The highest BCUT2D eigenvalue weighted by molar-refractivity contribution is 5.94. The number of carbonyl (C=O) groups excluding carboxylic acids is 1. The molecular formula is C20H21N3O. The first-order valence-corrected chi connectivity index (χ1v) is 7.91. The van der Waals surface area contributed by atoms with Crippen LogP contribution in [0.15, 0.2) is 73.1 Å². The Labute approximate surface area is 142 Å². The number of nitrogens with zero attached hydrogens (tertiary/aromatic N) is 2. The fourth-order valence-electron chi connectivity index (χ4n) is 2.49. The maximum Gasteiger partial charge on any atom is 0.251 e. The normalized spacial score (nSPS) is 10.4. The number of hydrogen-bond acceptors (Lipinski definition) is 2. The van der Waals surface area contributed by atoms with Crippen LogP contribution in [0.4, 0.5) is 5.69 Å². The minimum atomic E-state index is -0.0641. The summed E-state index contributed by atoms with van der Waals surface area (Å²) in [7, 11) is 4.02. The summed E-state index contributed by atoms with van der Waals surface area (Å²) in [6, 6.07) is 19.7. The van der Waals surface area contributed by atoms with E-state index in [0.29, 0.717) is 12.1 Å². The molecule has 4 nitrogen and oxygen atoms in total. The standard InChI is InChI=1S/C20H21N3O/c1-22(2)18-9-5-16(6-10-18)15-21-20(24)17-7-11-19(12-8-17)23-13-3-4-14-23/h3-14H,15H2,1-2H3,(H,21,24). The Morgan fingerprint density at radius 1 is 0.958 bits per heavy atom. The third kappa shape index (κ3) is 3.66. The van der Waals surface area contributed by atoms with Crippen LogP contribution in [0.3, 0.4) is 0 Å². The van der Waals surface area contributed by atoms with Gasteiger partial charge in [-0.1, -0.05) is 12.1 Å². The molecule has 0 fully saturated rings. The fourth-order valence-corrected chi connectivity index (χ4v) is 2.49. The van der Waals surface area contributed by atoms with Gasteiger partial charge in [0, 0.05) is 50.0 Å². The zero-order valence-electron chi connectivity index (χ0n) is 13.9. The van der Waals surface area contributed by atoms with Gasteiger partial charge < -0.3 is 14.8 Å². The van der Waals surface area contributed by atoms with Crippen LogP contribution in [0, 0.1) is 0 Å². The first kappa shape index (κ1) is 15.9. The molecule has 122 valence electrons. The number of hydrogen-bond donors (Lipinski definition) is 1. The van der Waals surface area contributed by atoms with Gasteiger partial charge in [0.25, 0.3) is 5.91 Å². The molecule has 4 heteroatoms. The Bertz CT molecular complexity index is 788. The van der Waals surface area contributed by atoms with E-state index in [9.17, 15) is 4.79 Å². The molecular weight excluding hydrogens is 298 g/mol. The van der Waals surface area contributed by atoms with Crippen LogP contribution in [-0.4, -0.2) is 24.6 Å². The van der Waals surface area contributed by atoms with Gasteiger partial charge in [0.1, 0.15) is 0 Å². The number of nitrogens with one attached hydrogen (secondary N) is 1. The lowest BCUT2D eigenvalue weighted by atomic mass is 10.1. The Balaban J connectivity index is 1.60. The summed E-state index contributed by atoms with van der Waals surface area (Å²) in [5.41, 5.74) is 3.93. The topological polar surface area (TPSA) is 37.3 Å². The number of anilines is 1. The summed E-state index contributed by atoms with van der Waals surface area (Å²) >= 11 is 0. The van der Waals surface area contributed by atoms with Crippen molar-refractivity contribution in [3.8, 4) is 5.69 Å². The minimum absolute atomic E-state index is 0.0641. The first-order chi connectivity index (χ1) is 11.6. The Morgan fingerprint density at radius 2 is 1.58 bits per heavy atom. The van der Waals surface area contributed by atoms with Gasteiger partial charge in [-0.3, -0.25) is 4.79 Å². The van der Waals surface area contributed by atoms with E-state index in [4.69, 9.17) is 0 Å². The van der Waals surface area contributed by atoms with E-state index in [0.717, 1.165) is 16.9 Å². The van der Waals surface area contributed by atoms with Crippen LogP contribution in [-0.2, 0) is 6.54 Å². The molecule has 0 bridgehead atoms. The molecule has 24 heavy (non-hydrogen) atoms. The lowest BCUT2D eigenvalue weighted by Crippen LogP contribution is -2.22. The first-order valence-electron chi connectivity index (χ1n) is 7.91. The van der Waals surface area contributed by atoms with Gasteiger partial charge in [-0.15, -0.1) is 0 Å². The number of rotatable bonds is 5. The molecule has 0 spiro atoms. The third-order valence-electron chi connectivity index (χ3n) is 3.94. The van der Waals surface area contributed by atoms with Crippen LogP contribution in [0.25, 0.3) is 5.69 Å². The fraction of sp³-hybridized carbons (Fsp3) is 0.150. The highest BCUT2D eigenvalue weighted by atomic mass is 16.1. The number of carbonyl (C=O) groups is 1. The van der Waals surface area contributed by atoms with Crippen LogP contribution >= 0.6 is 0 Å². The van der Waals surface area contributed by atoms with E-state index >= 15 is 0 Å². The average molecular weight is 319 g/mol. The van der Waals surface area contributed by atoms with Gasteiger partial charge in [-0.2, -0.15) is 0 Å². The van der Waals surface area contributed by atoms with E-state index < -0.39 is 0 Å². The van der Waals surface area contributed by atoms with Crippen LogP contribution in [0.2, 0.25) is 0 Å². The lowest BCUT2D eigenvalue weighted by molar-refractivity contribution is 0.0951. The van der Waals surface area contributed by atoms with E-state index in [1.54, 1.807) is 0 Å². The van der Waals surface area contributed by atoms with Gasteiger partial charge >= 0.3 is 0 Å². The second kappa shape index (κ2) is 7.04. The highest BCUT2D eigenvalue weighted by Gasteiger charge is 2.06. The van der Waals surface area contributed by atoms with Gasteiger partial charge in [0.15, 0.2) is 0 Å². The maximum atomic E-state index is 12.3.